The first-order valence-corrected chi connectivity index (χ1v) is 10.9. The Morgan fingerprint density at radius 2 is 1.94 bits per heavy atom. The number of likely N-dealkylation sites (tertiary alicyclic amines) is 1. The van der Waals surface area contributed by atoms with Gasteiger partial charge < -0.3 is 19.7 Å². The molecule has 3 aromatic rings. The van der Waals surface area contributed by atoms with Gasteiger partial charge >= 0.3 is 0 Å². The Morgan fingerprint density at radius 3 is 2.64 bits per heavy atom. The van der Waals surface area contributed by atoms with Crippen molar-refractivity contribution in [3.05, 3.63) is 47.2 Å². The molecule has 1 N–H and O–H groups in total. The first-order chi connectivity index (χ1) is 15.9. The van der Waals surface area contributed by atoms with Crippen LogP contribution in [0.5, 0.6) is 11.5 Å². The van der Waals surface area contributed by atoms with Crippen LogP contribution < -0.4 is 14.8 Å². The number of halogens is 3. The highest BCUT2D eigenvalue weighted by molar-refractivity contribution is 6.31. The summed E-state index contributed by atoms with van der Waals surface area (Å²) in [7, 11) is 1.54. The van der Waals surface area contributed by atoms with Crippen LogP contribution in [0.3, 0.4) is 0 Å². The summed E-state index contributed by atoms with van der Waals surface area (Å²) < 4.78 is 39.8. The molecule has 5 rings (SSSR count). The lowest BCUT2D eigenvalue weighted by Crippen LogP contribution is -2.61. The fourth-order valence-corrected chi connectivity index (χ4v) is 4.77. The number of anilines is 2. The number of fused-ring (bicyclic) bond motifs is 3. The summed E-state index contributed by atoms with van der Waals surface area (Å²) in [4.78, 5) is 22.1. The first-order valence-electron chi connectivity index (χ1n) is 10.5. The molecule has 1 saturated carbocycles. The number of amides is 1. The van der Waals surface area contributed by atoms with E-state index >= 15 is 0 Å². The zero-order valence-electron chi connectivity index (χ0n) is 17.9. The van der Waals surface area contributed by atoms with Gasteiger partial charge in [-0.15, -0.1) is 0 Å². The highest BCUT2D eigenvalue weighted by Gasteiger charge is 2.49. The van der Waals surface area contributed by atoms with Crippen LogP contribution in [-0.2, 0) is 4.79 Å². The monoisotopic (exact) mass is 474 g/mol. The van der Waals surface area contributed by atoms with Gasteiger partial charge in [0.15, 0.2) is 17.3 Å². The van der Waals surface area contributed by atoms with Crippen LogP contribution >= 0.6 is 11.6 Å². The minimum absolute atomic E-state index is 0.0162. The Balaban J connectivity index is 1.47. The number of hydrogen-bond acceptors (Lipinski definition) is 6. The molecule has 0 radical (unpaired) electrons. The summed E-state index contributed by atoms with van der Waals surface area (Å²) >= 11 is 5.70. The van der Waals surface area contributed by atoms with E-state index in [9.17, 15) is 13.6 Å². The predicted octanol–water partition coefficient (Wildman–Crippen LogP) is 4.56. The number of nitrogens with one attached hydrogen (secondary N) is 1. The largest absolute Gasteiger partial charge is 0.493 e. The van der Waals surface area contributed by atoms with Gasteiger partial charge in [-0.05, 0) is 24.6 Å². The van der Waals surface area contributed by atoms with Crippen molar-refractivity contribution in [3.8, 4) is 11.5 Å². The summed E-state index contributed by atoms with van der Waals surface area (Å²) in [6.45, 7) is 2.93. The highest BCUT2D eigenvalue weighted by atomic mass is 35.5. The third-order valence-electron chi connectivity index (χ3n) is 6.36. The van der Waals surface area contributed by atoms with E-state index < -0.39 is 16.7 Å². The minimum atomic E-state index is -0.911. The van der Waals surface area contributed by atoms with E-state index in [0.29, 0.717) is 41.3 Å². The van der Waals surface area contributed by atoms with Crippen LogP contribution in [-0.4, -0.2) is 47.1 Å². The molecule has 7 nitrogen and oxygen atoms in total. The number of methoxy groups -OCH3 is 1. The van der Waals surface area contributed by atoms with Gasteiger partial charge in [-0.3, -0.25) is 4.79 Å². The molecule has 1 aliphatic heterocycles. The maximum absolute atomic E-state index is 14.4. The Hall–Kier alpha value is -3.20. The van der Waals surface area contributed by atoms with Crippen molar-refractivity contribution >= 4 is 39.9 Å². The third kappa shape index (κ3) is 3.80. The van der Waals surface area contributed by atoms with Crippen molar-refractivity contribution in [2.45, 2.75) is 19.4 Å². The van der Waals surface area contributed by atoms with Gasteiger partial charge in [-0.1, -0.05) is 11.6 Å². The van der Waals surface area contributed by atoms with Gasteiger partial charge in [0.1, 0.15) is 29.1 Å². The molecule has 3 atom stereocenters. The SMILES string of the molecule is COc1cc2ncnc(Nc3ccc(F)c(Cl)c3F)c2cc1OC1[C@@H]2C[C@H]1CN(C(C)=O)C2. The maximum atomic E-state index is 14.4. The summed E-state index contributed by atoms with van der Waals surface area (Å²) in [6, 6.07) is 5.80. The van der Waals surface area contributed by atoms with E-state index in [1.165, 1.54) is 12.4 Å². The van der Waals surface area contributed by atoms with Crippen LogP contribution in [0.15, 0.2) is 30.6 Å². The zero-order chi connectivity index (χ0) is 23.3. The Kier molecular flexibility index (Phi) is 5.44. The molecule has 172 valence electrons. The van der Waals surface area contributed by atoms with Crippen LogP contribution in [0, 0.1) is 23.5 Å². The van der Waals surface area contributed by atoms with Gasteiger partial charge in [-0.25, -0.2) is 18.7 Å². The molecular weight excluding hydrogens is 454 g/mol. The van der Waals surface area contributed by atoms with Crippen molar-refractivity contribution in [1.82, 2.24) is 14.9 Å². The van der Waals surface area contributed by atoms with E-state index in [1.807, 2.05) is 4.90 Å². The molecule has 1 unspecified atom stereocenters. The topological polar surface area (TPSA) is 76.6 Å². The molecule has 2 fully saturated rings. The Labute approximate surface area is 193 Å². The molecule has 0 spiro atoms. The number of carbonyl (C=O) groups excluding carboxylic acids is 1. The van der Waals surface area contributed by atoms with Crippen LogP contribution in [0.4, 0.5) is 20.3 Å². The van der Waals surface area contributed by atoms with Crippen molar-refractivity contribution < 1.29 is 23.0 Å². The standard InChI is InChI=1S/C23H21ClF2N4O3/c1-11(31)30-8-12-5-13(9-30)22(12)33-19-6-14-17(7-18(19)32-2)27-10-28-23(14)29-16-4-3-15(25)20(24)21(16)26/h3-4,6-7,10,12-13,22H,5,8-9H2,1-2H3,(H,27,28,29)/t12-,13+,22?. The summed E-state index contributed by atoms with van der Waals surface area (Å²) in [6.07, 6.45) is 2.33. The third-order valence-corrected chi connectivity index (χ3v) is 6.71. The smallest absolute Gasteiger partial charge is 0.219 e. The van der Waals surface area contributed by atoms with Crippen molar-refractivity contribution in [2.75, 3.05) is 25.5 Å². The van der Waals surface area contributed by atoms with Gasteiger partial charge in [0.05, 0.1) is 18.3 Å². The zero-order valence-corrected chi connectivity index (χ0v) is 18.7. The highest BCUT2D eigenvalue weighted by Crippen LogP contribution is 2.45. The van der Waals surface area contributed by atoms with Crippen LogP contribution in [0.1, 0.15) is 13.3 Å². The molecule has 2 heterocycles. The number of aromatic nitrogens is 2. The number of benzene rings is 2. The number of piperidine rings is 2. The molecule has 1 saturated heterocycles. The van der Waals surface area contributed by atoms with Crippen molar-refractivity contribution in [3.63, 3.8) is 0 Å². The van der Waals surface area contributed by atoms with Gasteiger partial charge in [0.2, 0.25) is 5.91 Å². The van der Waals surface area contributed by atoms with Crippen LogP contribution in [0.2, 0.25) is 5.02 Å². The lowest BCUT2D eigenvalue weighted by Gasteiger charge is -2.52. The van der Waals surface area contributed by atoms with E-state index in [0.717, 1.165) is 12.5 Å². The predicted molar refractivity (Wildman–Crippen MR) is 119 cm³/mol. The average molecular weight is 475 g/mol. The molecule has 1 aliphatic carbocycles. The number of rotatable bonds is 5. The van der Waals surface area contributed by atoms with E-state index in [-0.39, 0.29) is 29.5 Å². The number of carbonyl (C=O) groups is 1. The fourth-order valence-electron chi connectivity index (χ4n) is 4.61. The average Bonchev–Trinajstić information content (AvgIpc) is 2.82. The number of nitrogens with zero attached hydrogens (tertiary/aromatic N) is 3. The van der Waals surface area contributed by atoms with E-state index in [1.54, 1.807) is 26.2 Å². The normalized spacial score (nSPS) is 21.5. The second-order valence-corrected chi connectivity index (χ2v) is 8.73. The van der Waals surface area contributed by atoms with Gasteiger partial charge in [-0.2, -0.15) is 0 Å². The second-order valence-electron chi connectivity index (χ2n) is 8.35. The van der Waals surface area contributed by atoms with E-state index in [2.05, 4.69) is 15.3 Å². The minimum Gasteiger partial charge on any atom is -0.493 e. The van der Waals surface area contributed by atoms with Gasteiger partial charge in [0, 0.05) is 43.3 Å². The first kappa shape index (κ1) is 21.6. The van der Waals surface area contributed by atoms with Crippen LogP contribution in [0.25, 0.3) is 10.9 Å². The molecule has 1 aromatic heterocycles. The van der Waals surface area contributed by atoms with Crippen molar-refractivity contribution in [1.29, 1.82) is 0 Å². The Morgan fingerprint density at radius 1 is 1.18 bits per heavy atom. The number of hydrogen-bond donors (Lipinski definition) is 1. The maximum Gasteiger partial charge on any atom is 0.219 e. The van der Waals surface area contributed by atoms with E-state index in [4.69, 9.17) is 21.1 Å². The lowest BCUT2D eigenvalue weighted by molar-refractivity contribution is -0.145. The Bertz CT molecular complexity index is 1250. The van der Waals surface area contributed by atoms with Crippen molar-refractivity contribution in [2.24, 2.45) is 11.8 Å². The number of ether oxygens (including phenoxy) is 2. The second kappa shape index (κ2) is 8.30. The summed E-state index contributed by atoms with van der Waals surface area (Å²) in [5.41, 5.74) is 0.541. The molecule has 2 aliphatic rings. The summed E-state index contributed by atoms with van der Waals surface area (Å²) in [5.74, 6) is 0.167. The quantitative estimate of drug-likeness (QED) is 0.546. The molecule has 2 aromatic carbocycles. The summed E-state index contributed by atoms with van der Waals surface area (Å²) in [5, 5.41) is 2.84. The lowest BCUT2D eigenvalue weighted by atomic mass is 9.68. The molecule has 10 heteroatoms. The molecule has 2 bridgehead atoms. The molecular formula is C23H21ClF2N4O3. The fraction of sp³-hybridized carbons (Fsp3) is 0.348. The molecule has 1 amide bonds. The van der Waals surface area contributed by atoms with Gasteiger partial charge in [0.25, 0.3) is 0 Å². The molecule has 33 heavy (non-hydrogen) atoms.